The van der Waals surface area contributed by atoms with Crippen LogP contribution in [0.2, 0.25) is 10.0 Å². The molecule has 7 heteroatoms. The molecule has 3 aromatic rings. The summed E-state index contributed by atoms with van der Waals surface area (Å²) < 4.78 is 0. The van der Waals surface area contributed by atoms with E-state index in [9.17, 15) is 4.79 Å². The molecular formula is C21H15Cl2N3OS. The van der Waals surface area contributed by atoms with Gasteiger partial charge in [-0.15, -0.1) is 5.10 Å². The fourth-order valence-corrected chi connectivity index (χ4v) is 4.42. The highest BCUT2D eigenvalue weighted by molar-refractivity contribution is 8.15. The Labute approximate surface area is 176 Å². The summed E-state index contributed by atoms with van der Waals surface area (Å²) in [5.41, 5.74) is 1.85. The Bertz CT molecular complexity index is 1110. The summed E-state index contributed by atoms with van der Waals surface area (Å²) in [4.78, 5) is 12.2. The van der Waals surface area contributed by atoms with Crippen molar-refractivity contribution in [1.82, 2.24) is 5.32 Å². The molecule has 4 nitrogen and oxygen atoms in total. The van der Waals surface area contributed by atoms with E-state index in [0.717, 1.165) is 21.9 Å². The lowest BCUT2D eigenvalue weighted by Gasteiger charge is -2.07. The monoisotopic (exact) mass is 427 g/mol. The van der Waals surface area contributed by atoms with Crippen molar-refractivity contribution in [2.24, 2.45) is 10.2 Å². The molecule has 1 unspecified atom stereocenters. The minimum absolute atomic E-state index is 0.102. The highest BCUT2D eigenvalue weighted by atomic mass is 35.5. The molecule has 1 saturated heterocycles. The molecule has 0 bridgehead atoms. The number of thioether (sulfide) groups is 1. The van der Waals surface area contributed by atoms with Crippen LogP contribution in [0, 0.1) is 0 Å². The number of rotatable bonds is 4. The zero-order valence-electron chi connectivity index (χ0n) is 14.6. The van der Waals surface area contributed by atoms with Gasteiger partial charge in [0.15, 0.2) is 5.17 Å². The van der Waals surface area contributed by atoms with Crippen LogP contribution in [-0.2, 0) is 11.2 Å². The third-order valence-electron chi connectivity index (χ3n) is 4.37. The average Bonchev–Trinajstić information content (AvgIpc) is 3.03. The average molecular weight is 428 g/mol. The van der Waals surface area contributed by atoms with Crippen molar-refractivity contribution in [2.75, 3.05) is 0 Å². The van der Waals surface area contributed by atoms with Crippen LogP contribution in [0.15, 0.2) is 70.9 Å². The smallest absolute Gasteiger partial charge is 0.239 e. The first-order valence-corrected chi connectivity index (χ1v) is 10.2. The first kappa shape index (κ1) is 19.0. The molecule has 28 heavy (non-hydrogen) atoms. The van der Waals surface area contributed by atoms with E-state index in [0.29, 0.717) is 21.6 Å². The summed E-state index contributed by atoms with van der Waals surface area (Å²) in [5.74, 6) is -0.102. The van der Waals surface area contributed by atoms with E-state index in [1.807, 2.05) is 36.4 Å². The molecule has 0 aromatic heterocycles. The van der Waals surface area contributed by atoms with Crippen molar-refractivity contribution in [3.63, 3.8) is 0 Å². The molecule has 1 aliphatic rings. The summed E-state index contributed by atoms with van der Waals surface area (Å²) in [6.07, 6.45) is 2.20. The maximum Gasteiger partial charge on any atom is 0.239 e. The Balaban J connectivity index is 1.47. The van der Waals surface area contributed by atoms with E-state index in [1.165, 1.54) is 11.8 Å². The number of carbonyl (C=O) groups is 1. The third-order valence-corrected chi connectivity index (χ3v) is 6.02. The van der Waals surface area contributed by atoms with Gasteiger partial charge in [0.05, 0.1) is 11.5 Å². The molecule has 0 aliphatic carbocycles. The summed E-state index contributed by atoms with van der Waals surface area (Å²) in [7, 11) is 0. The van der Waals surface area contributed by atoms with Crippen molar-refractivity contribution >= 4 is 63.0 Å². The molecule has 0 radical (unpaired) electrons. The molecular weight excluding hydrogens is 413 g/mol. The minimum atomic E-state index is -0.301. The van der Waals surface area contributed by atoms with Gasteiger partial charge in [0.2, 0.25) is 5.91 Å². The van der Waals surface area contributed by atoms with Gasteiger partial charge in [-0.25, -0.2) is 0 Å². The fraction of sp³-hybridized carbons (Fsp3) is 0.0952. The number of hydrogen-bond acceptors (Lipinski definition) is 4. The van der Waals surface area contributed by atoms with Crippen molar-refractivity contribution in [3.8, 4) is 0 Å². The van der Waals surface area contributed by atoms with E-state index < -0.39 is 0 Å². The number of amides is 1. The Morgan fingerprint density at radius 2 is 1.89 bits per heavy atom. The van der Waals surface area contributed by atoms with E-state index in [1.54, 1.807) is 18.3 Å². The normalized spacial score (nSPS) is 18.3. The first-order chi connectivity index (χ1) is 13.6. The van der Waals surface area contributed by atoms with Gasteiger partial charge < -0.3 is 5.32 Å². The van der Waals surface area contributed by atoms with Crippen molar-refractivity contribution in [3.05, 3.63) is 81.8 Å². The number of nitrogens with zero attached hydrogens (tertiary/aromatic N) is 2. The Morgan fingerprint density at radius 3 is 2.75 bits per heavy atom. The molecule has 3 aromatic carbocycles. The van der Waals surface area contributed by atoms with Gasteiger partial charge in [-0.3, -0.25) is 4.79 Å². The van der Waals surface area contributed by atoms with E-state index >= 15 is 0 Å². The zero-order chi connectivity index (χ0) is 19.5. The van der Waals surface area contributed by atoms with Crippen molar-refractivity contribution in [1.29, 1.82) is 0 Å². The molecule has 1 aliphatic heterocycles. The molecule has 1 amide bonds. The number of amidine groups is 1. The van der Waals surface area contributed by atoms with Crippen LogP contribution >= 0.6 is 35.0 Å². The molecule has 0 saturated carbocycles. The van der Waals surface area contributed by atoms with Crippen LogP contribution in [0.25, 0.3) is 10.8 Å². The molecule has 4 rings (SSSR count). The highest BCUT2D eigenvalue weighted by Crippen LogP contribution is 2.28. The van der Waals surface area contributed by atoms with Gasteiger partial charge in [0, 0.05) is 15.6 Å². The molecule has 1 N–H and O–H groups in total. The van der Waals surface area contributed by atoms with Crippen LogP contribution in [-0.4, -0.2) is 22.5 Å². The number of hydrogen-bond donors (Lipinski definition) is 1. The van der Waals surface area contributed by atoms with Crippen molar-refractivity contribution < 1.29 is 4.79 Å². The van der Waals surface area contributed by atoms with Gasteiger partial charge >= 0.3 is 0 Å². The lowest BCUT2D eigenvalue weighted by atomic mass is 10.1. The molecule has 1 atom stereocenters. The Kier molecular flexibility index (Phi) is 5.67. The lowest BCUT2D eigenvalue weighted by molar-refractivity contribution is -0.118. The summed E-state index contributed by atoms with van der Waals surface area (Å²) in [6, 6.07) is 19.4. The second-order valence-corrected chi connectivity index (χ2v) is 8.29. The molecule has 1 fully saturated rings. The minimum Gasteiger partial charge on any atom is -0.303 e. The van der Waals surface area contributed by atoms with Crippen LogP contribution in [0.3, 0.4) is 0 Å². The largest absolute Gasteiger partial charge is 0.303 e. The number of carbonyl (C=O) groups excluding carboxylic acids is 1. The van der Waals surface area contributed by atoms with Gasteiger partial charge in [0.1, 0.15) is 0 Å². The molecule has 140 valence electrons. The topological polar surface area (TPSA) is 53.8 Å². The number of benzene rings is 3. The van der Waals surface area contributed by atoms with E-state index in [2.05, 4.69) is 27.7 Å². The quantitative estimate of drug-likeness (QED) is 0.452. The predicted molar refractivity (Wildman–Crippen MR) is 119 cm³/mol. The zero-order valence-corrected chi connectivity index (χ0v) is 16.9. The van der Waals surface area contributed by atoms with Crippen LogP contribution < -0.4 is 5.32 Å². The maximum atomic E-state index is 12.2. The summed E-state index contributed by atoms with van der Waals surface area (Å²) >= 11 is 13.5. The van der Waals surface area contributed by atoms with Crippen molar-refractivity contribution in [2.45, 2.75) is 11.7 Å². The number of halogens is 2. The highest BCUT2D eigenvalue weighted by Gasteiger charge is 2.30. The molecule has 0 spiro atoms. The lowest BCUT2D eigenvalue weighted by Crippen LogP contribution is -2.26. The second kappa shape index (κ2) is 8.35. The maximum absolute atomic E-state index is 12.2. The summed E-state index contributed by atoms with van der Waals surface area (Å²) in [6.45, 7) is 0. The van der Waals surface area contributed by atoms with E-state index in [4.69, 9.17) is 23.2 Å². The van der Waals surface area contributed by atoms with Gasteiger partial charge in [-0.05, 0) is 34.9 Å². The van der Waals surface area contributed by atoms with Crippen LogP contribution in [0.5, 0.6) is 0 Å². The van der Waals surface area contributed by atoms with Gasteiger partial charge in [0.25, 0.3) is 0 Å². The summed E-state index contributed by atoms with van der Waals surface area (Å²) in [5, 5.41) is 14.7. The van der Waals surface area contributed by atoms with Crippen LogP contribution in [0.1, 0.15) is 11.1 Å². The fourth-order valence-electron chi connectivity index (χ4n) is 2.98. The SMILES string of the molecule is O=C1N/C(=N\N=C\c2cccc3ccccc23)SC1Cc1ccc(Cl)cc1Cl. The third kappa shape index (κ3) is 4.22. The Morgan fingerprint density at radius 1 is 1.07 bits per heavy atom. The number of fused-ring (bicyclic) bond motifs is 1. The molecule has 1 heterocycles. The predicted octanol–water partition coefficient (Wildman–Crippen LogP) is 5.31. The van der Waals surface area contributed by atoms with Crippen LogP contribution in [0.4, 0.5) is 0 Å². The first-order valence-electron chi connectivity index (χ1n) is 8.60. The van der Waals surface area contributed by atoms with Gasteiger partial charge in [-0.1, -0.05) is 83.5 Å². The van der Waals surface area contributed by atoms with E-state index in [-0.39, 0.29) is 11.2 Å². The standard InChI is InChI=1S/C21H15Cl2N3OS/c22-16-9-8-14(18(23)11-16)10-19-20(27)25-21(28-19)26-24-12-15-6-3-5-13-4-1-2-7-17(13)15/h1-9,11-12,19H,10H2,(H,25,26,27)/b24-12+. The Hall–Kier alpha value is -2.34. The van der Waals surface area contributed by atoms with Gasteiger partial charge in [-0.2, -0.15) is 5.10 Å². The number of nitrogens with one attached hydrogen (secondary N) is 1. The second-order valence-electron chi connectivity index (χ2n) is 6.25.